The van der Waals surface area contributed by atoms with Gasteiger partial charge in [0.05, 0.1) is 11.6 Å². The molecule has 0 aromatic carbocycles. The number of hydrogen-bond acceptors (Lipinski definition) is 7. The summed E-state index contributed by atoms with van der Waals surface area (Å²) in [5.41, 5.74) is 0. The van der Waals surface area contributed by atoms with Crippen molar-refractivity contribution in [3.05, 3.63) is 21.1 Å². The van der Waals surface area contributed by atoms with Crippen molar-refractivity contribution in [2.75, 3.05) is 12.4 Å². The average Bonchev–Trinajstić information content (AvgIpc) is 2.94. The number of nitrogens with one attached hydrogen (secondary N) is 2. The number of anilines is 1. The summed E-state index contributed by atoms with van der Waals surface area (Å²) in [6, 6.07) is 0. The molecule has 8 heteroatoms. The first kappa shape index (κ1) is 11.9. The molecule has 0 aliphatic carbocycles. The van der Waals surface area contributed by atoms with E-state index in [0.29, 0.717) is 16.7 Å². The molecule has 1 amide bonds. The highest BCUT2D eigenvalue weighted by Gasteiger charge is 2.12. The molecule has 90 valence electrons. The van der Waals surface area contributed by atoms with Crippen molar-refractivity contribution in [1.82, 2.24) is 20.5 Å². The Morgan fingerprint density at radius 1 is 1.41 bits per heavy atom. The molecule has 0 saturated carbocycles. The number of carbonyl (C=O) groups is 1. The molecule has 0 atom stereocenters. The number of nitrogens with zero attached hydrogens (tertiary/aromatic N) is 3. The highest BCUT2D eigenvalue weighted by Crippen LogP contribution is 2.15. The van der Waals surface area contributed by atoms with Gasteiger partial charge in [0.25, 0.3) is 5.91 Å². The average molecular weight is 269 g/mol. The zero-order valence-electron chi connectivity index (χ0n) is 9.35. The van der Waals surface area contributed by atoms with Gasteiger partial charge in [-0.15, -0.1) is 21.5 Å². The van der Waals surface area contributed by atoms with Crippen molar-refractivity contribution in [1.29, 1.82) is 0 Å². The lowest BCUT2D eigenvalue weighted by atomic mass is 10.5. The van der Waals surface area contributed by atoms with Gasteiger partial charge in [0.15, 0.2) is 0 Å². The molecule has 17 heavy (non-hydrogen) atoms. The molecular weight excluding hydrogens is 258 g/mol. The predicted octanol–water partition coefficient (Wildman–Crippen LogP) is 1.27. The lowest BCUT2D eigenvalue weighted by molar-refractivity contribution is 0.0950. The van der Waals surface area contributed by atoms with Gasteiger partial charge in [-0.25, -0.2) is 4.98 Å². The van der Waals surface area contributed by atoms with Gasteiger partial charge in [-0.05, 0) is 6.92 Å². The van der Waals surface area contributed by atoms with Crippen LogP contribution in [0, 0.1) is 6.92 Å². The van der Waals surface area contributed by atoms with E-state index in [1.165, 1.54) is 11.3 Å². The molecule has 0 spiro atoms. The Bertz CT molecular complexity index is 521. The van der Waals surface area contributed by atoms with Crippen molar-refractivity contribution in [2.24, 2.45) is 0 Å². The van der Waals surface area contributed by atoms with Gasteiger partial charge in [-0.3, -0.25) is 4.79 Å². The van der Waals surface area contributed by atoms with E-state index in [1.54, 1.807) is 24.6 Å². The number of aromatic nitrogens is 3. The van der Waals surface area contributed by atoms with Gasteiger partial charge in [0.2, 0.25) is 10.1 Å². The second kappa shape index (κ2) is 5.19. The molecule has 0 aliphatic heterocycles. The molecule has 0 fully saturated rings. The molecule has 2 N–H and O–H groups in total. The fourth-order valence-electron chi connectivity index (χ4n) is 1.15. The summed E-state index contributed by atoms with van der Waals surface area (Å²) in [5.74, 6) is -0.213. The Morgan fingerprint density at radius 3 is 2.82 bits per heavy atom. The van der Waals surface area contributed by atoms with Gasteiger partial charge < -0.3 is 10.6 Å². The summed E-state index contributed by atoms with van der Waals surface area (Å²) in [6.07, 6.45) is 1.76. The molecule has 2 heterocycles. The van der Waals surface area contributed by atoms with Crippen LogP contribution < -0.4 is 10.6 Å². The molecule has 0 unspecified atom stereocenters. The number of rotatable bonds is 4. The summed E-state index contributed by atoms with van der Waals surface area (Å²) < 4.78 is 0. The van der Waals surface area contributed by atoms with E-state index in [2.05, 4.69) is 25.8 Å². The fourth-order valence-corrected chi connectivity index (χ4v) is 2.49. The number of carbonyl (C=O) groups excluding carboxylic acids is 1. The van der Waals surface area contributed by atoms with Crippen LogP contribution in [0.15, 0.2) is 6.20 Å². The molecule has 2 rings (SSSR count). The summed E-state index contributed by atoms with van der Waals surface area (Å²) in [7, 11) is 1.74. The van der Waals surface area contributed by atoms with E-state index >= 15 is 0 Å². The van der Waals surface area contributed by atoms with Gasteiger partial charge in [0, 0.05) is 18.1 Å². The molecule has 0 saturated heterocycles. The minimum atomic E-state index is -0.213. The summed E-state index contributed by atoms with van der Waals surface area (Å²) in [5, 5.41) is 15.2. The third kappa shape index (κ3) is 2.98. The Morgan fingerprint density at radius 2 is 2.24 bits per heavy atom. The molecule has 2 aromatic rings. The first-order chi connectivity index (χ1) is 8.19. The monoisotopic (exact) mass is 269 g/mol. The molecule has 0 radical (unpaired) electrons. The Labute approximate surface area is 106 Å². The zero-order chi connectivity index (χ0) is 12.3. The van der Waals surface area contributed by atoms with Gasteiger partial charge in [0.1, 0.15) is 0 Å². The number of hydrogen-bond donors (Lipinski definition) is 2. The third-order valence-electron chi connectivity index (χ3n) is 1.93. The van der Waals surface area contributed by atoms with Crippen LogP contribution in [0.4, 0.5) is 5.13 Å². The van der Waals surface area contributed by atoms with E-state index in [4.69, 9.17) is 0 Å². The summed E-state index contributed by atoms with van der Waals surface area (Å²) in [4.78, 5) is 16.8. The van der Waals surface area contributed by atoms with Crippen LogP contribution in [0.2, 0.25) is 0 Å². The minimum absolute atomic E-state index is 0.213. The maximum atomic E-state index is 11.7. The van der Waals surface area contributed by atoms with Crippen molar-refractivity contribution in [2.45, 2.75) is 13.5 Å². The first-order valence-corrected chi connectivity index (χ1v) is 6.53. The quantitative estimate of drug-likeness (QED) is 0.874. The third-order valence-corrected chi connectivity index (χ3v) is 3.78. The topological polar surface area (TPSA) is 79.8 Å². The van der Waals surface area contributed by atoms with Gasteiger partial charge >= 0.3 is 0 Å². The smallest absolute Gasteiger partial charge is 0.282 e. The normalized spacial score (nSPS) is 10.2. The van der Waals surface area contributed by atoms with Crippen molar-refractivity contribution in [3.8, 4) is 0 Å². The van der Waals surface area contributed by atoms with E-state index in [1.807, 2.05) is 6.92 Å². The molecule has 0 bridgehead atoms. The largest absolute Gasteiger partial charge is 0.363 e. The van der Waals surface area contributed by atoms with Crippen molar-refractivity contribution >= 4 is 33.7 Å². The van der Waals surface area contributed by atoms with Crippen LogP contribution in [0.3, 0.4) is 0 Å². The molecule has 0 aliphatic rings. The molecular formula is C9H11N5OS2. The Balaban J connectivity index is 1.93. The van der Waals surface area contributed by atoms with Crippen molar-refractivity contribution in [3.63, 3.8) is 0 Å². The maximum absolute atomic E-state index is 11.7. The number of thiazole rings is 1. The second-order valence-corrected chi connectivity index (χ2v) is 5.49. The lowest BCUT2D eigenvalue weighted by Crippen LogP contribution is -2.22. The molecule has 2 aromatic heterocycles. The fraction of sp³-hybridized carbons (Fsp3) is 0.333. The summed E-state index contributed by atoms with van der Waals surface area (Å²) in [6.45, 7) is 2.40. The first-order valence-electron chi connectivity index (χ1n) is 4.90. The predicted molar refractivity (Wildman–Crippen MR) is 67.5 cm³/mol. The second-order valence-electron chi connectivity index (χ2n) is 3.19. The minimum Gasteiger partial charge on any atom is -0.363 e. The lowest BCUT2D eigenvalue weighted by Gasteiger charge is -1.98. The Hall–Kier alpha value is -1.54. The van der Waals surface area contributed by atoms with E-state index in [9.17, 15) is 4.79 Å². The van der Waals surface area contributed by atoms with Crippen LogP contribution in [0.25, 0.3) is 0 Å². The SMILES string of the molecule is CNc1nnc(C(=O)NCc2cnc(C)s2)s1. The Kier molecular flexibility index (Phi) is 3.64. The highest BCUT2D eigenvalue weighted by atomic mass is 32.1. The van der Waals surface area contributed by atoms with Gasteiger partial charge in [-0.1, -0.05) is 11.3 Å². The maximum Gasteiger partial charge on any atom is 0.282 e. The van der Waals surface area contributed by atoms with Crippen LogP contribution in [0.1, 0.15) is 19.7 Å². The van der Waals surface area contributed by atoms with Crippen LogP contribution in [-0.4, -0.2) is 28.1 Å². The van der Waals surface area contributed by atoms with E-state index in [0.717, 1.165) is 9.88 Å². The standard InChI is InChI=1S/C9H11N5OS2/c1-5-11-3-6(16-5)4-12-7(15)8-13-14-9(10-2)17-8/h3H,4H2,1-2H3,(H,10,14)(H,12,15). The molecule has 6 nitrogen and oxygen atoms in total. The van der Waals surface area contributed by atoms with Crippen LogP contribution in [0.5, 0.6) is 0 Å². The number of amides is 1. The van der Waals surface area contributed by atoms with Crippen LogP contribution >= 0.6 is 22.7 Å². The van der Waals surface area contributed by atoms with Crippen molar-refractivity contribution < 1.29 is 4.79 Å². The van der Waals surface area contributed by atoms with E-state index < -0.39 is 0 Å². The van der Waals surface area contributed by atoms with E-state index in [-0.39, 0.29) is 5.91 Å². The highest BCUT2D eigenvalue weighted by molar-refractivity contribution is 7.17. The number of aryl methyl sites for hydroxylation is 1. The summed E-state index contributed by atoms with van der Waals surface area (Å²) >= 11 is 2.79. The zero-order valence-corrected chi connectivity index (χ0v) is 11.0. The van der Waals surface area contributed by atoms with Crippen LogP contribution in [-0.2, 0) is 6.54 Å². The van der Waals surface area contributed by atoms with Gasteiger partial charge in [-0.2, -0.15) is 0 Å².